The van der Waals surface area contributed by atoms with Crippen LogP contribution in [0.2, 0.25) is 5.02 Å². The van der Waals surface area contributed by atoms with Gasteiger partial charge in [-0.25, -0.2) is 13.1 Å². The highest BCUT2D eigenvalue weighted by molar-refractivity contribution is 7.89. The summed E-state index contributed by atoms with van der Waals surface area (Å²) in [5, 5.41) is 0.186. The predicted octanol–water partition coefficient (Wildman–Crippen LogP) is 3.54. The van der Waals surface area contributed by atoms with Crippen LogP contribution in [0.1, 0.15) is 25.0 Å². The summed E-state index contributed by atoms with van der Waals surface area (Å²) < 4.78 is 39.1. The second kappa shape index (κ2) is 7.23. The molecule has 0 saturated carbocycles. The Balaban J connectivity index is 1.85. The zero-order chi connectivity index (χ0) is 18.0. The molecule has 1 atom stereocenters. The molecule has 2 aromatic carbocycles. The van der Waals surface area contributed by atoms with Crippen LogP contribution in [0, 0.1) is 0 Å². The molecule has 0 spiro atoms. The van der Waals surface area contributed by atoms with E-state index in [4.69, 9.17) is 21.1 Å². The molecule has 3 rings (SSSR count). The Labute approximate surface area is 153 Å². The summed E-state index contributed by atoms with van der Waals surface area (Å²) >= 11 is 6.00. The van der Waals surface area contributed by atoms with Crippen LogP contribution in [0.15, 0.2) is 41.3 Å². The summed E-state index contributed by atoms with van der Waals surface area (Å²) in [6.07, 6.45) is 0.931. The standard InChI is InChI=1S/C18H20ClNO4S/c1-3-23-16-9-13-8-12(2)24-17(13)10-14(16)11-20-25(21,22)18-7-5-4-6-15(18)19/h4-7,9-10,12,20H,3,8,11H2,1-2H3/t12-/m1/s1. The average molecular weight is 382 g/mol. The maximum atomic E-state index is 12.5. The molecule has 5 nitrogen and oxygen atoms in total. The van der Waals surface area contributed by atoms with E-state index in [2.05, 4.69) is 4.72 Å². The van der Waals surface area contributed by atoms with Crippen molar-refractivity contribution in [3.8, 4) is 11.5 Å². The first-order valence-corrected chi connectivity index (χ1v) is 9.96. The Bertz CT molecular complexity index is 883. The first kappa shape index (κ1) is 18.0. The zero-order valence-electron chi connectivity index (χ0n) is 14.1. The SMILES string of the molecule is CCOc1cc2c(cc1CNS(=O)(=O)c1ccccc1Cl)O[C@H](C)C2. The Morgan fingerprint density at radius 3 is 2.80 bits per heavy atom. The lowest BCUT2D eigenvalue weighted by Gasteiger charge is -2.14. The van der Waals surface area contributed by atoms with Gasteiger partial charge in [0.25, 0.3) is 0 Å². The topological polar surface area (TPSA) is 64.6 Å². The van der Waals surface area contributed by atoms with Gasteiger partial charge in [-0.1, -0.05) is 23.7 Å². The van der Waals surface area contributed by atoms with Crippen molar-refractivity contribution in [2.75, 3.05) is 6.61 Å². The van der Waals surface area contributed by atoms with Crippen LogP contribution < -0.4 is 14.2 Å². The third-order valence-corrected chi connectivity index (χ3v) is 5.86. The van der Waals surface area contributed by atoms with Crippen molar-refractivity contribution in [3.63, 3.8) is 0 Å². The van der Waals surface area contributed by atoms with Crippen LogP contribution in [-0.4, -0.2) is 21.1 Å². The molecule has 0 radical (unpaired) electrons. The lowest BCUT2D eigenvalue weighted by atomic mass is 10.1. The molecule has 1 heterocycles. The fourth-order valence-corrected chi connectivity index (χ4v) is 4.35. The average Bonchev–Trinajstić information content (AvgIpc) is 2.92. The van der Waals surface area contributed by atoms with Crippen molar-refractivity contribution in [2.45, 2.75) is 37.8 Å². The van der Waals surface area contributed by atoms with E-state index in [9.17, 15) is 8.42 Å². The third-order valence-electron chi connectivity index (χ3n) is 3.96. The van der Waals surface area contributed by atoms with Gasteiger partial charge in [-0.15, -0.1) is 0 Å². The lowest BCUT2D eigenvalue weighted by molar-refractivity contribution is 0.254. The first-order chi connectivity index (χ1) is 11.9. The van der Waals surface area contributed by atoms with Gasteiger partial charge in [-0.2, -0.15) is 0 Å². The molecule has 0 saturated heterocycles. The maximum absolute atomic E-state index is 12.5. The van der Waals surface area contributed by atoms with Gasteiger partial charge >= 0.3 is 0 Å². The van der Waals surface area contributed by atoms with Gasteiger partial charge in [-0.3, -0.25) is 0 Å². The number of halogens is 1. The molecule has 7 heteroatoms. The van der Waals surface area contributed by atoms with E-state index in [1.807, 2.05) is 26.0 Å². The Morgan fingerprint density at radius 2 is 2.08 bits per heavy atom. The molecule has 1 aliphatic rings. The number of nitrogens with one attached hydrogen (secondary N) is 1. The van der Waals surface area contributed by atoms with E-state index < -0.39 is 10.0 Å². The van der Waals surface area contributed by atoms with Gasteiger partial charge in [0, 0.05) is 24.1 Å². The zero-order valence-corrected chi connectivity index (χ0v) is 15.7. The molecular weight excluding hydrogens is 362 g/mol. The minimum Gasteiger partial charge on any atom is -0.494 e. The first-order valence-electron chi connectivity index (χ1n) is 8.10. The number of benzene rings is 2. The number of fused-ring (bicyclic) bond motifs is 1. The molecule has 134 valence electrons. The monoisotopic (exact) mass is 381 g/mol. The van der Waals surface area contributed by atoms with Crippen LogP contribution in [0.25, 0.3) is 0 Å². The van der Waals surface area contributed by atoms with Gasteiger partial charge < -0.3 is 9.47 Å². The van der Waals surface area contributed by atoms with Crippen LogP contribution >= 0.6 is 11.6 Å². The Morgan fingerprint density at radius 1 is 1.32 bits per heavy atom. The number of hydrogen-bond donors (Lipinski definition) is 1. The number of sulfonamides is 1. The minimum atomic E-state index is -3.72. The smallest absolute Gasteiger partial charge is 0.242 e. The molecule has 0 aliphatic carbocycles. The fourth-order valence-electron chi connectivity index (χ4n) is 2.82. The van der Waals surface area contributed by atoms with E-state index in [0.717, 1.165) is 23.3 Å². The van der Waals surface area contributed by atoms with Gasteiger partial charge in [-0.05, 0) is 38.1 Å². The van der Waals surface area contributed by atoms with Gasteiger partial charge in [0.2, 0.25) is 10.0 Å². The number of rotatable bonds is 6. The van der Waals surface area contributed by atoms with Gasteiger partial charge in [0.05, 0.1) is 11.6 Å². The molecule has 0 bridgehead atoms. The molecular formula is C18H20ClNO4S. The molecule has 2 aromatic rings. The summed E-state index contributed by atoms with van der Waals surface area (Å²) in [6, 6.07) is 10.1. The Kier molecular flexibility index (Phi) is 5.22. The lowest BCUT2D eigenvalue weighted by Crippen LogP contribution is -2.24. The maximum Gasteiger partial charge on any atom is 0.242 e. The van der Waals surface area contributed by atoms with Crippen LogP contribution in [0.3, 0.4) is 0 Å². The van der Waals surface area contributed by atoms with E-state index in [1.165, 1.54) is 6.07 Å². The fraction of sp³-hybridized carbons (Fsp3) is 0.333. The Hall–Kier alpha value is -1.76. The van der Waals surface area contributed by atoms with Crippen LogP contribution in [0.4, 0.5) is 0 Å². The molecule has 0 fully saturated rings. The van der Waals surface area contributed by atoms with Crippen molar-refractivity contribution in [1.82, 2.24) is 4.72 Å². The van der Waals surface area contributed by atoms with E-state index >= 15 is 0 Å². The molecule has 0 amide bonds. The second-order valence-electron chi connectivity index (χ2n) is 5.89. The van der Waals surface area contributed by atoms with Crippen LogP contribution in [0.5, 0.6) is 11.5 Å². The second-order valence-corrected chi connectivity index (χ2v) is 8.03. The molecule has 25 heavy (non-hydrogen) atoms. The van der Waals surface area contributed by atoms with Crippen LogP contribution in [-0.2, 0) is 23.0 Å². The highest BCUT2D eigenvalue weighted by atomic mass is 35.5. The molecule has 1 N–H and O–H groups in total. The van der Waals surface area contributed by atoms with E-state index in [-0.39, 0.29) is 22.6 Å². The summed E-state index contributed by atoms with van der Waals surface area (Å²) in [6.45, 7) is 4.48. The van der Waals surface area contributed by atoms with Gasteiger partial charge in [0.15, 0.2) is 0 Å². The van der Waals surface area contributed by atoms with Gasteiger partial charge in [0.1, 0.15) is 22.5 Å². The van der Waals surface area contributed by atoms with Crippen molar-refractivity contribution in [2.24, 2.45) is 0 Å². The van der Waals surface area contributed by atoms with E-state index in [0.29, 0.717) is 12.4 Å². The van der Waals surface area contributed by atoms with E-state index in [1.54, 1.807) is 18.2 Å². The normalized spacial score (nSPS) is 16.4. The van der Waals surface area contributed by atoms with Crippen molar-refractivity contribution in [1.29, 1.82) is 0 Å². The largest absolute Gasteiger partial charge is 0.494 e. The highest BCUT2D eigenvalue weighted by Gasteiger charge is 2.23. The predicted molar refractivity (Wildman–Crippen MR) is 96.9 cm³/mol. The molecule has 1 aliphatic heterocycles. The van der Waals surface area contributed by atoms with Crippen molar-refractivity contribution in [3.05, 3.63) is 52.5 Å². The number of hydrogen-bond acceptors (Lipinski definition) is 4. The minimum absolute atomic E-state index is 0.0562. The quantitative estimate of drug-likeness (QED) is 0.831. The number of ether oxygens (including phenoxy) is 2. The summed E-state index contributed by atoms with van der Waals surface area (Å²) in [5.74, 6) is 1.45. The highest BCUT2D eigenvalue weighted by Crippen LogP contribution is 2.35. The molecule has 0 aromatic heterocycles. The summed E-state index contributed by atoms with van der Waals surface area (Å²) in [7, 11) is -3.72. The summed E-state index contributed by atoms with van der Waals surface area (Å²) in [5.41, 5.74) is 1.80. The molecule has 0 unspecified atom stereocenters. The third kappa shape index (κ3) is 3.92. The van der Waals surface area contributed by atoms with Crippen molar-refractivity contribution < 1.29 is 17.9 Å². The van der Waals surface area contributed by atoms with Crippen molar-refractivity contribution >= 4 is 21.6 Å². The summed E-state index contributed by atoms with van der Waals surface area (Å²) in [4.78, 5) is 0.0562.